The minimum Gasteiger partial charge on any atom is -0.481 e. The van der Waals surface area contributed by atoms with Gasteiger partial charge in [-0.25, -0.2) is 12.8 Å². The Kier molecular flexibility index (Phi) is 7.98. The summed E-state index contributed by atoms with van der Waals surface area (Å²) in [6.07, 6.45) is 10.2. The number of fused-ring (bicyclic) bond motifs is 1. The highest BCUT2D eigenvalue weighted by Gasteiger charge is 2.51. The van der Waals surface area contributed by atoms with Crippen molar-refractivity contribution in [3.8, 4) is 11.1 Å². The number of hydrogen-bond donors (Lipinski definition) is 2. The van der Waals surface area contributed by atoms with E-state index < -0.39 is 33.0 Å². The maximum atomic E-state index is 15.8. The highest BCUT2D eigenvalue weighted by molar-refractivity contribution is 7.92. The summed E-state index contributed by atoms with van der Waals surface area (Å²) in [4.78, 5) is 25.6. The Morgan fingerprint density at radius 2 is 1.67 bits per heavy atom. The number of Topliss-reactive ketones (excluding diaryl/α,β-unsaturated/α-hetero) is 1. The van der Waals surface area contributed by atoms with Crippen LogP contribution in [0.15, 0.2) is 66.7 Å². The van der Waals surface area contributed by atoms with Crippen LogP contribution in [0, 0.1) is 11.7 Å². The van der Waals surface area contributed by atoms with Crippen molar-refractivity contribution in [2.24, 2.45) is 5.92 Å². The van der Waals surface area contributed by atoms with Crippen LogP contribution in [0.4, 0.5) is 10.1 Å². The summed E-state index contributed by atoms with van der Waals surface area (Å²) in [5.74, 6) is -1.85. The van der Waals surface area contributed by atoms with Gasteiger partial charge in [0.05, 0.1) is 22.4 Å². The van der Waals surface area contributed by atoms with E-state index in [0.717, 1.165) is 66.3 Å². The van der Waals surface area contributed by atoms with E-state index >= 15 is 4.39 Å². The van der Waals surface area contributed by atoms with E-state index in [4.69, 9.17) is 0 Å². The lowest BCUT2D eigenvalue weighted by Gasteiger charge is -2.16. The van der Waals surface area contributed by atoms with Crippen LogP contribution >= 0.6 is 0 Å². The van der Waals surface area contributed by atoms with Crippen LogP contribution in [-0.2, 0) is 26.7 Å². The number of carboxylic acid groups (broad SMARTS) is 1. The molecule has 8 heteroatoms. The number of nitrogens with one attached hydrogen (secondary N) is 1. The molecular weight excluding hydrogens is 565 g/mol. The first-order valence-corrected chi connectivity index (χ1v) is 16.8. The third kappa shape index (κ3) is 6.03. The second-order valence-corrected chi connectivity index (χ2v) is 14.0. The minimum atomic E-state index is -3.76. The van der Waals surface area contributed by atoms with Gasteiger partial charge in [-0.2, -0.15) is 0 Å². The maximum Gasteiger partial charge on any atom is 0.314 e. The van der Waals surface area contributed by atoms with Crippen molar-refractivity contribution >= 4 is 33.0 Å². The van der Waals surface area contributed by atoms with Crippen molar-refractivity contribution in [3.63, 3.8) is 0 Å². The van der Waals surface area contributed by atoms with Crippen LogP contribution in [0.1, 0.15) is 84.8 Å². The number of carbonyl (C=O) groups excluding carboxylic acids is 1. The monoisotopic (exact) mass is 601 g/mol. The van der Waals surface area contributed by atoms with Crippen molar-refractivity contribution < 1.29 is 27.5 Å². The number of rotatable bonds is 10. The molecule has 0 amide bonds. The summed E-state index contributed by atoms with van der Waals surface area (Å²) in [5, 5.41) is 9.64. The number of ketones is 1. The van der Waals surface area contributed by atoms with Gasteiger partial charge in [-0.3, -0.25) is 14.3 Å². The van der Waals surface area contributed by atoms with Crippen molar-refractivity contribution in [2.75, 3.05) is 10.5 Å². The molecule has 0 aliphatic heterocycles. The lowest BCUT2D eigenvalue weighted by Crippen LogP contribution is -2.20. The molecule has 3 aliphatic rings. The molecule has 43 heavy (non-hydrogen) atoms. The second kappa shape index (κ2) is 11.7. The molecule has 3 aromatic carbocycles. The molecule has 0 spiro atoms. The Hall–Kier alpha value is -3.78. The van der Waals surface area contributed by atoms with E-state index in [1.54, 1.807) is 0 Å². The van der Waals surface area contributed by atoms with Crippen LogP contribution in [0.2, 0.25) is 0 Å². The first-order chi connectivity index (χ1) is 20.7. The standard InChI is InChI=1S/C35H36FNO5S/c36-32-29(10-5-11-31(32)37-43(41,42)21-18-23-6-1-2-7-23)33(38)28-9-4-3-8-25-12-13-26(22-30(25)28)24-14-16-27(17-15-24)35(19-20-35)34(39)40/h5,9-17,22-23,37H,1-4,6-8,18-21H2,(H,39,40). The summed E-state index contributed by atoms with van der Waals surface area (Å²) >= 11 is 0. The molecule has 0 heterocycles. The van der Waals surface area contributed by atoms with Gasteiger partial charge in [0, 0.05) is 5.57 Å². The van der Waals surface area contributed by atoms with Gasteiger partial charge in [-0.15, -0.1) is 0 Å². The molecule has 0 bridgehead atoms. The van der Waals surface area contributed by atoms with Crippen molar-refractivity contribution in [1.82, 2.24) is 0 Å². The van der Waals surface area contributed by atoms with E-state index in [0.29, 0.717) is 37.2 Å². The highest BCUT2D eigenvalue weighted by atomic mass is 32.2. The van der Waals surface area contributed by atoms with Crippen molar-refractivity contribution in [2.45, 2.75) is 69.6 Å². The number of sulfonamides is 1. The molecule has 0 aromatic heterocycles. The van der Waals surface area contributed by atoms with E-state index in [1.807, 2.05) is 48.5 Å². The molecule has 6 rings (SSSR count). The Morgan fingerprint density at radius 3 is 2.37 bits per heavy atom. The van der Waals surface area contributed by atoms with Gasteiger partial charge in [0.15, 0.2) is 11.6 Å². The maximum absolute atomic E-state index is 15.8. The number of carboxylic acids is 1. The van der Waals surface area contributed by atoms with Gasteiger partial charge >= 0.3 is 5.97 Å². The van der Waals surface area contributed by atoms with E-state index in [1.165, 1.54) is 18.2 Å². The predicted molar refractivity (Wildman–Crippen MR) is 166 cm³/mol. The number of carbonyl (C=O) groups is 2. The fraction of sp³-hybridized carbons (Fsp3) is 0.371. The molecule has 0 atom stereocenters. The first kappa shape index (κ1) is 29.3. The molecular formula is C35H36FNO5S. The number of allylic oxidation sites excluding steroid dienone is 2. The molecule has 3 aromatic rings. The smallest absolute Gasteiger partial charge is 0.314 e. The molecule has 2 N–H and O–H groups in total. The van der Waals surface area contributed by atoms with Crippen LogP contribution in [-0.4, -0.2) is 31.0 Å². The van der Waals surface area contributed by atoms with Crippen molar-refractivity contribution in [1.29, 1.82) is 0 Å². The molecule has 2 saturated carbocycles. The summed E-state index contributed by atoms with van der Waals surface area (Å²) in [6, 6.07) is 17.7. The summed E-state index contributed by atoms with van der Waals surface area (Å²) in [6.45, 7) is 0. The topological polar surface area (TPSA) is 101 Å². The Morgan fingerprint density at radius 1 is 0.953 bits per heavy atom. The van der Waals surface area contributed by atoms with Crippen LogP contribution in [0.5, 0.6) is 0 Å². The predicted octanol–water partition coefficient (Wildman–Crippen LogP) is 7.53. The largest absolute Gasteiger partial charge is 0.481 e. The van der Waals surface area contributed by atoms with E-state index in [2.05, 4.69) is 4.72 Å². The van der Waals surface area contributed by atoms with Crippen LogP contribution in [0.3, 0.4) is 0 Å². The number of halogens is 1. The zero-order valence-corrected chi connectivity index (χ0v) is 24.9. The van der Waals surface area contributed by atoms with Gasteiger partial charge < -0.3 is 5.11 Å². The van der Waals surface area contributed by atoms with E-state index in [-0.39, 0.29) is 17.0 Å². The fourth-order valence-electron chi connectivity index (χ4n) is 6.59. The number of aliphatic carboxylic acids is 1. The summed E-state index contributed by atoms with van der Waals surface area (Å²) < 4.78 is 43.7. The number of aryl methyl sites for hydroxylation is 1. The third-order valence-electron chi connectivity index (χ3n) is 9.35. The second-order valence-electron chi connectivity index (χ2n) is 12.2. The Balaban J connectivity index is 1.26. The molecule has 6 nitrogen and oxygen atoms in total. The van der Waals surface area contributed by atoms with Gasteiger partial charge in [-0.1, -0.05) is 74.2 Å². The van der Waals surface area contributed by atoms with Gasteiger partial charge in [-0.05, 0) is 90.5 Å². The lowest BCUT2D eigenvalue weighted by atomic mass is 9.89. The average Bonchev–Trinajstić information content (AvgIpc) is 3.70. The van der Waals surface area contributed by atoms with Crippen molar-refractivity contribution in [3.05, 3.63) is 94.8 Å². The molecule has 224 valence electrons. The van der Waals surface area contributed by atoms with Crippen LogP contribution in [0.25, 0.3) is 16.7 Å². The molecule has 0 radical (unpaired) electrons. The zero-order valence-electron chi connectivity index (χ0n) is 24.1. The molecule has 0 saturated heterocycles. The lowest BCUT2D eigenvalue weighted by molar-refractivity contribution is -0.140. The SMILES string of the molecule is O=C(C1=CCCCc2ccc(-c3ccc(C4(C(=O)O)CC4)cc3)cc21)c1cccc(NS(=O)(=O)CCC2CCCC2)c1F. The summed E-state index contributed by atoms with van der Waals surface area (Å²) in [5.41, 5.74) is 3.51. The number of anilines is 1. The minimum absolute atomic E-state index is 0.0745. The first-order valence-electron chi connectivity index (χ1n) is 15.2. The Bertz CT molecular complexity index is 1700. The van der Waals surface area contributed by atoms with E-state index in [9.17, 15) is 23.1 Å². The van der Waals surface area contributed by atoms with Gasteiger partial charge in [0.1, 0.15) is 0 Å². The average molecular weight is 602 g/mol. The number of hydrogen-bond acceptors (Lipinski definition) is 4. The third-order valence-corrected chi connectivity index (χ3v) is 10.7. The van der Waals surface area contributed by atoms with Crippen LogP contribution < -0.4 is 4.72 Å². The zero-order chi connectivity index (χ0) is 30.2. The van der Waals surface area contributed by atoms with Gasteiger partial charge in [0.2, 0.25) is 10.0 Å². The molecule has 0 unspecified atom stereocenters. The Labute approximate surface area is 252 Å². The highest BCUT2D eigenvalue weighted by Crippen LogP contribution is 2.48. The molecule has 2 fully saturated rings. The summed E-state index contributed by atoms with van der Waals surface area (Å²) in [7, 11) is -3.76. The van der Waals surface area contributed by atoms with Gasteiger partial charge in [0.25, 0.3) is 0 Å². The quantitative estimate of drug-likeness (QED) is 0.234. The normalized spacial score (nSPS) is 17.9. The molecule has 3 aliphatic carbocycles. The number of benzene rings is 3. The fourth-order valence-corrected chi connectivity index (χ4v) is 7.83.